The Morgan fingerprint density at radius 2 is 1.96 bits per heavy atom. The van der Waals surface area contributed by atoms with Crippen LogP contribution < -0.4 is 14.8 Å². The zero-order chi connectivity index (χ0) is 18.8. The van der Waals surface area contributed by atoms with Crippen LogP contribution in [0.3, 0.4) is 0 Å². The number of unbranched alkanes of at least 4 members (excludes halogenated alkanes) is 1. The number of rotatable bonds is 9. The van der Waals surface area contributed by atoms with Crippen molar-refractivity contribution in [2.24, 2.45) is 0 Å². The van der Waals surface area contributed by atoms with Crippen molar-refractivity contribution in [3.8, 4) is 17.6 Å². The minimum atomic E-state index is -3.22. The number of nitrogens with zero attached hydrogens (tertiary/aromatic N) is 1. The van der Waals surface area contributed by atoms with E-state index in [1.807, 2.05) is 6.92 Å². The first kappa shape index (κ1) is 20.3. The van der Waals surface area contributed by atoms with Crippen LogP contribution in [0.1, 0.15) is 25.3 Å². The van der Waals surface area contributed by atoms with Crippen molar-refractivity contribution >= 4 is 12.0 Å². The number of alkyl halides is 4. The van der Waals surface area contributed by atoms with Crippen molar-refractivity contribution in [2.45, 2.75) is 33.0 Å². The number of benzene rings is 1. The van der Waals surface area contributed by atoms with Crippen LogP contribution >= 0.6 is 0 Å². The number of amides is 1. The summed E-state index contributed by atoms with van der Waals surface area (Å²) in [4.78, 5) is 11.9. The van der Waals surface area contributed by atoms with Crippen LogP contribution in [0.15, 0.2) is 23.8 Å². The first-order valence-electron chi connectivity index (χ1n) is 7.31. The second-order valence-electron chi connectivity index (χ2n) is 4.74. The molecule has 9 heteroatoms. The van der Waals surface area contributed by atoms with Gasteiger partial charge in [-0.1, -0.05) is 13.3 Å². The molecule has 0 saturated heterocycles. The molecule has 1 aromatic rings. The molecule has 1 aromatic carbocycles. The van der Waals surface area contributed by atoms with Gasteiger partial charge in [0.1, 0.15) is 23.1 Å². The van der Waals surface area contributed by atoms with Gasteiger partial charge in [-0.15, -0.1) is 0 Å². The van der Waals surface area contributed by atoms with E-state index in [9.17, 15) is 22.4 Å². The molecule has 1 amide bonds. The summed E-state index contributed by atoms with van der Waals surface area (Å²) >= 11 is 0. The van der Waals surface area contributed by atoms with E-state index in [0.29, 0.717) is 13.0 Å². The molecule has 0 aliphatic rings. The molecule has 0 unspecified atom stereocenters. The standard InChI is InChI=1S/C16H16F4N2O3/c1-2-3-6-22-14(23)11(9-21)7-10-4-5-12(24-15(17)18)8-13(10)25-16(19)20/h4-5,7-8,15-16H,2-3,6H2,1H3,(H,22,23)/b11-7+. The maximum atomic E-state index is 12.5. The second kappa shape index (κ2) is 10.2. The van der Waals surface area contributed by atoms with E-state index in [1.54, 1.807) is 6.07 Å². The molecule has 1 N–H and O–H groups in total. The van der Waals surface area contributed by atoms with E-state index in [-0.39, 0.29) is 11.1 Å². The van der Waals surface area contributed by atoms with E-state index in [4.69, 9.17) is 5.26 Å². The fraction of sp³-hybridized carbons (Fsp3) is 0.375. The molecule has 0 atom stereocenters. The highest BCUT2D eigenvalue weighted by Gasteiger charge is 2.15. The lowest BCUT2D eigenvalue weighted by molar-refractivity contribution is -0.117. The van der Waals surface area contributed by atoms with Gasteiger partial charge in [0.25, 0.3) is 5.91 Å². The zero-order valence-corrected chi connectivity index (χ0v) is 13.3. The molecule has 136 valence electrons. The fourth-order valence-electron chi connectivity index (χ4n) is 1.79. The third-order valence-corrected chi connectivity index (χ3v) is 2.91. The number of halogens is 4. The number of carbonyl (C=O) groups is 1. The fourth-order valence-corrected chi connectivity index (χ4v) is 1.79. The van der Waals surface area contributed by atoms with Gasteiger partial charge in [0, 0.05) is 18.2 Å². The van der Waals surface area contributed by atoms with Gasteiger partial charge in [0.2, 0.25) is 0 Å². The Morgan fingerprint density at radius 3 is 2.52 bits per heavy atom. The minimum absolute atomic E-state index is 0.0518. The summed E-state index contributed by atoms with van der Waals surface area (Å²) in [5.74, 6) is -1.57. The van der Waals surface area contributed by atoms with Gasteiger partial charge in [-0.25, -0.2) is 0 Å². The van der Waals surface area contributed by atoms with Crippen LogP contribution in [0.2, 0.25) is 0 Å². The third-order valence-electron chi connectivity index (χ3n) is 2.91. The van der Waals surface area contributed by atoms with Gasteiger partial charge in [-0.2, -0.15) is 22.8 Å². The summed E-state index contributed by atoms with van der Waals surface area (Å²) in [6.07, 6.45) is 2.58. The minimum Gasteiger partial charge on any atom is -0.435 e. The molecule has 5 nitrogen and oxygen atoms in total. The highest BCUT2D eigenvalue weighted by atomic mass is 19.3. The molecular weight excluding hydrogens is 344 g/mol. The SMILES string of the molecule is CCCCNC(=O)/C(C#N)=C/c1ccc(OC(F)F)cc1OC(F)F. The average Bonchev–Trinajstić information content (AvgIpc) is 2.53. The largest absolute Gasteiger partial charge is 0.435 e. The molecule has 0 saturated carbocycles. The Kier molecular flexibility index (Phi) is 8.26. The first-order valence-corrected chi connectivity index (χ1v) is 7.31. The average molecular weight is 360 g/mol. The number of nitrogens with one attached hydrogen (secondary N) is 1. The molecule has 0 aliphatic heterocycles. The highest BCUT2D eigenvalue weighted by molar-refractivity contribution is 6.02. The van der Waals surface area contributed by atoms with E-state index in [0.717, 1.165) is 30.7 Å². The Morgan fingerprint density at radius 1 is 1.28 bits per heavy atom. The van der Waals surface area contributed by atoms with E-state index >= 15 is 0 Å². The van der Waals surface area contributed by atoms with Gasteiger partial charge in [0.15, 0.2) is 0 Å². The lowest BCUT2D eigenvalue weighted by Crippen LogP contribution is -2.25. The number of nitriles is 1. The summed E-state index contributed by atoms with van der Waals surface area (Å²) < 4.78 is 57.8. The van der Waals surface area contributed by atoms with Crippen molar-refractivity contribution in [3.05, 3.63) is 29.3 Å². The number of carbonyl (C=O) groups excluding carboxylic acids is 1. The predicted octanol–water partition coefficient (Wildman–Crippen LogP) is 3.71. The second-order valence-corrected chi connectivity index (χ2v) is 4.74. The topological polar surface area (TPSA) is 71.4 Å². The summed E-state index contributed by atoms with van der Waals surface area (Å²) in [6.45, 7) is -4.09. The Labute approximate surface area is 141 Å². The van der Waals surface area contributed by atoms with Crippen LogP contribution in [-0.2, 0) is 4.79 Å². The predicted molar refractivity (Wildman–Crippen MR) is 81.2 cm³/mol. The van der Waals surface area contributed by atoms with Gasteiger partial charge in [0.05, 0.1) is 0 Å². The zero-order valence-electron chi connectivity index (χ0n) is 13.3. The summed E-state index contributed by atoms with van der Waals surface area (Å²) in [5.41, 5.74) is -0.387. The molecule has 0 aliphatic carbocycles. The normalized spacial score (nSPS) is 11.4. The highest BCUT2D eigenvalue weighted by Crippen LogP contribution is 2.29. The lowest BCUT2D eigenvalue weighted by atomic mass is 10.1. The summed E-state index contributed by atoms with van der Waals surface area (Å²) in [6, 6.07) is 4.70. The number of hydrogen-bond acceptors (Lipinski definition) is 4. The van der Waals surface area contributed by atoms with Gasteiger partial charge in [-0.3, -0.25) is 4.79 Å². The van der Waals surface area contributed by atoms with E-state index < -0.39 is 30.6 Å². The van der Waals surface area contributed by atoms with Gasteiger partial charge >= 0.3 is 13.2 Å². The summed E-state index contributed by atoms with van der Waals surface area (Å²) in [5, 5.41) is 11.6. The molecule has 0 spiro atoms. The Balaban J connectivity index is 3.11. The van der Waals surface area contributed by atoms with Crippen LogP contribution in [-0.4, -0.2) is 25.7 Å². The quantitative estimate of drug-likeness (QED) is 0.315. The maximum Gasteiger partial charge on any atom is 0.387 e. The van der Waals surface area contributed by atoms with Crippen molar-refractivity contribution in [1.29, 1.82) is 5.26 Å². The molecule has 0 fully saturated rings. The maximum absolute atomic E-state index is 12.5. The Bertz CT molecular complexity index is 657. The van der Waals surface area contributed by atoms with Gasteiger partial charge in [-0.05, 0) is 24.6 Å². The smallest absolute Gasteiger partial charge is 0.387 e. The van der Waals surface area contributed by atoms with Crippen molar-refractivity contribution in [1.82, 2.24) is 5.32 Å². The van der Waals surface area contributed by atoms with Crippen LogP contribution in [0, 0.1) is 11.3 Å². The van der Waals surface area contributed by atoms with Crippen LogP contribution in [0.25, 0.3) is 6.08 Å². The van der Waals surface area contributed by atoms with E-state index in [2.05, 4.69) is 14.8 Å². The lowest BCUT2D eigenvalue weighted by Gasteiger charge is -2.11. The van der Waals surface area contributed by atoms with Crippen molar-refractivity contribution in [3.63, 3.8) is 0 Å². The molecule has 0 radical (unpaired) electrons. The molecule has 25 heavy (non-hydrogen) atoms. The summed E-state index contributed by atoms with van der Waals surface area (Å²) in [7, 11) is 0. The Hall–Kier alpha value is -2.76. The molecule has 0 heterocycles. The van der Waals surface area contributed by atoms with Crippen molar-refractivity contribution in [2.75, 3.05) is 6.54 Å². The molecule has 0 aromatic heterocycles. The molecular formula is C16H16F4N2O3. The third kappa shape index (κ3) is 7.12. The molecule has 1 rings (SSSR count). The number of hydrogen-bond donors (Lipinski definition) is 1. The monoisotopic (exact) mass is 360 g/mol. The van der Waals surface area contributed by atoms with Crippen molar-refractivity contribution < 1.29 is 31.8 Å². The molecule has 0 bridgehead atoms. The number of ether oxygens (including phenoxy) is 2. The van der Waals surface area contributed by atoms with E-state index in [1.165, 1.54) is 0 Å². The first-order chi connectivity index (χ1) is 11.9. The van der Waals surface area contributed by atoms with Gasteiger partial charge < -0.3 is 14.8 Å². The van der Waals surface area contributed by atoms with Crippen LogP contribution in [0.4, 0.5) is 17.6 Å². The van der Waals surface area contributed by atoms with Crippen LogP contribution in [0.5, 0.6) is 11.5 Å².